The Morgan fingerprint density at radius 2 is 1.88 bits per heavy atom. The number of carbonyl (C=O) groups is 2. The van der Waals surface area contributed by atoms with E-state index < -0.39 is 17.7 Å². The predicted octanol–water partition coefficient (Wildman–Crippen LogP) is 3.59. The van der Waals surface area contributed by atoms with E-state index in [4.69, 9.17) is 4.74 Å². The number of anilines is 1. The topological polar surface area (TPSA) is 58.6 Å². The van der Waals surface area contributed by atoms with Crippen LogP contribution in [0.25, 0.3) is 0 Å². The number of aryl methyl sites for hydroxylation is 2. The third kappa shape index (κ3) is 4.66. The molecule has 1 fully saturated rings. The van der Waals surface area contributed by atoms with Gasteiger partial charge in [-0.05, 0) is 45.7 Å². The molecule has 1 saturated heterocycles. The number of ether oxygens (including phenoxy) is 1. The number of thioether (sulfide) groups is 1. The molecule has 1 aromatic rings. The van der Waals surface area contributed by atoms with Crippen LogP contribution >= 0.6 is 11.8 Å². The number of rotatable bonds is 2. The van der Waals surface area contributed by atoms with Crippen LogP contribution in [0.1, 0.15) is 31.9 Å². The first-order valence-electron chi connectivity index (χ1n) is 8.13. The summed E-state index contributed by atoms with van der Waals surface area (Å²) in [4.78, 5) is 26.8. The summed E-state index contributed by atoms with van der Waals surface area (Å²) in [6.07, 6.45) is -0.426. The van der Waals surface area contributed by atoms with Crippen molar-refractivity contribution in [3.8, 4) is 0 Å². The molecule has 2 rings (SSSR count). The SMILES string of the molecule is Cc1cccc(C)c1NC(=O)C1CSCCN1C(=O)OC(C)(C)C. The lowest BCUT2D eigenvalue weighted by atomic mass is 10.1. The zero-order valence-electron chi connectivity index (χ0n) is 15.0. The average Bonchev–Trinajstić information content (AvgIpc) is 2.49. The van der Waals surface area contributed by atoms with Gasteiger partial charge in [-0.25, -0.2) is 4.79 Å². The summed E-state index contributed by atoms with van der Waals surface area (Å²) in [6, 6.07) is 5.37. The van der Waals surface area contributed by atoms with Crippen LogP contribution in [0.3, 0.4) is 0 Å². The van der Waals surface area contributed by atoms with Gasteiger partial charge in [0, 0.05) is 23.7 Å². The van der Waals surface area contributed by atoms with Crippen molar-refractivity contribution in [2.24, 2.45) is 0 Å². The normalized spacial score (nSPS) is 18.2. The van der Waals surface area contributed by atoms with E-state index in [1.54, 1.807) is 16.7 Å². The van der Waals surface area contributed by atoms with Crippen molar-refractivity contribution in [3.63, 3.8) is 0 Å². The number of amides is 2. The van der Waals surface area contributed by atoms with Crippen LogP contribution in [0.2, 0.25) is 0 Å². The first-order valence-corrected chi connectivity index (χ1v) is 9.29. The van der Waals surface area contributed by atoms with Gasteiger partial charge in [0.25, 0.3) is 0 Å². The van der Waals surface area contributed by atoms with Crippen molar-refractivity contribution >= 4 is 29.4 Å². The highest BCUT2D eigenvalue weighted by Crippen LogP contribution is 2.24. The fourth-order valence-corrected chi connectivity index (χ4v) is 3.63. The molecule has 6 heteroatoms. The Labute approximate surface area is 148 Å². The molecule has 5 nitrogen and oxygen atoms in total. The van der Waals surface area contributed by atoms with Crippen LogP contribution < -0.4 is 5.32 Å². The van der Waals surface area contributed by atoms with Gasteiger partial charge in [-0.15, -0.1) is 0 Å². The maximum atomic E-state index is 12.8. The minimum absolute atomic E-state index is 0.162. The third-order valence-electron chi connectivity index (χ3n) is 3.79. The Morgan fingerprint density at radius 3 is 2.46 bits per heavy atom. The lowest BCUT2D eigenvalue weighted by molar-refractivity contribution is -0.120. The Balaban J connectivity index is 2.15. The van der Waals surface area contributed by atoms with Gasteiger partial charge in [-0.2, -0.15) is 11.8 Å². The molecular weight excluding hydrogens is 324 g/mol. The van der Waals surface area contributed by atoms with E-state index in [1.165, 1.54) is 0 Å². The molecule has 0 radical (unpaired) electrons. The van der Waals surface area contributed by atoms with Crippen molar-refractivity contribution in [3.05, 3.63) is 29.3 Å². The molecule has 1 aromatic carbocycles. The highest BCUT2D eigenvalue weighted by Gasteiger charge is 2.35. The van der Waals surface area contributed by atoms with Crippen LogP contribution in [0, 0.1) is 13.8 Å². The van der Waals surface area contributed by atoms with Crippen LogP contribution in [-0.2, 0) is 9.53 Å². The van der Waals surface area contributed by atoms with Crippen molar-refractivity contribution in [1.29, 1.82) is 0 Å². The van der Waals surface area contributed by atoms with Crippen molar-refractivity contribution in [1.82, 2.24) is 4.90 Å². The van der Waals surface area contributed by atoms with Gasteiger partial charge in [0.05, 0.1) is 0 Å². The number of nitrogens with zero attached hydrogens (tertiary/aromatic N) is 1. The van der Waals surface area contributed by atoms with Crippen LogP contribution in [0.4, 0.5) is 10.5 Å². The van der Waals surface area contributed by atoms with E-state index >= 15 is 0 Å². The molecular formula is C18H26N2O3S. The van der Waals surface area contributed by atoms with E-state index in [1.807, 2.05) is 52.8 Å². The number of para-hydroxylation sites is 1. The van der Waals surface area contributed by atoms with E-state index in [0.717, 1.165) is 22.6 Å². The third-order valence-corrected chi connectivity index (χ3v) is 4.81. The summed E-state index contributed by atoms with van der Waals surface area (Å²) < 4.78 is 5.45. The number of carbonyl (C=O) groups excluding carboxylic acids is 2. The lowest BCUT2D eigenvalue weighted by Gasteiger charge is -2.35. The molecule has 2 amide bonds. The Kier molecular flexibility index (Phi) is 5.80. The first kappa shape index (κ1) is 18.6. The molecule has 1 heterocycles. The molecule has 1 unspecified atom stereocenters. The molecule has 0 aliphatic carbocycles. The minimum atomic E-state index is -0.574. The van der Waals surface area contributed by atoms with E-state index in [-0.39, 0.29) is 5.91 Å². The Hall–Kier alpha value is -1.69. The predicted molar refractivity (Wildman–Crippen MR) is 98.6 cm³/mol. The fraction of sp³-hybridized carbons (Fsp3) is 0.556. The Bertz CT molecular complexity index is 605. The van der Waals surface area contributed by atoms with Gasteiger partial charge in [0.15, 0.2) is 0 Å². The summed E-state index contributed by atoms with van der Waals surface area (Å²) in [6.45, 7) is 9.93. The molecule has 1 aliphatic rings. The van der Waals surface area contributed by atoms with Crippen molar-refractivity contribution < 1.29 is 14.3 Å². The van der Waals surface area contributed by atoms with Gasteiger partial charge in [0.1, 0.15) is 11.6 Å². The summed E-state index contributed by atoms with van der Waals surface area (Å²) in [5.74, 6) is 1.23. The minimum Gasteiger partial charge on any atom is -0.444 e. The van der Waals surface area contributed by atoms with Gasteiger partial charge >= 0.3 is 6.09 Å². The number of hydrogen-bond donors (Lipinski definition) is 1. The van der Waals surface area contributed by atoms with Gasteiger partial charge in [0.2, 0.25) is 5.91 Å². The highest BCUT2D eigenvalue weighted by atomic mass is 32.2. The fourth-order valence-electron chi connectivity index (χ4n) is 2.58. The van der Waals surface area contributed by atoms with Gasteiger partial charge in [-0.1, -0.05) is 18.2 Å². The zero-order chi connectivity index (χ0) is 17.9. The maximum absolute atomic E-state index is 12.8. The maximum Gasteiger partial charge on any atom is 0.411 e. The van der Waals surface area contributed by atoms with Crippen LogP contribution in [0.15, 0.2) is 18.2 Å². The van der Waals surface area contributed by atoms with Crippen molar-refractivity contribution in [2.75, 3.05) is 23.4 Å². The largest absolute Gasteiger partial charge is 0.444 e. The molecule has 1 aliphatic heterocycles. The Morgan fingerprint density at radius 1 is 1.25 bits per heavy atom. The molecule has 0 aromatic heterocycles. The zero-order valence-corrected chi connectivity index (χ0v) is 15.8. The second-order valence-electron chi connectivity index (χ2n) is 7.02. The lowest BCUT2D eigenvalue weighted by Crippen LogP contribution is -2.53. The molecule has 1 atom stereocenters. The van der Waals surface area contributed by atoms with E-state index in [9.17, 15) is 9.59 Å². The number of hydrogen-bond acceptors (Lipinski definition) is 4. The summed E-state index contributed by atoms with van der Waals surface area (Å²) in [5.41, 5.74) is 2.27. The second kappa shape index (κ2) is 7.47. The first-order chi connectivity index (χ1) is 11.2. The monoisotopic (exact) mass is 350 g/mol. The van der Waals surface area contributed by atoms with E-state index in [0.29, 0.717) is 12.3 Å². The standard InChI is InChI=1S/C18H26N2O3S/c1-12-7-6-8-13(2)15(12)19-16(21)14-11-24-10-9-20(14)17(22)23-18(3,4)5/h6-8,14H,9-11H2,1-5H3,(H,19,21). The number of benzene rings is 1. The molecule has 0 bridgehead atoms. The molecule has 132 valence electrons. The second-order valence-corrected chi connectivity index (χ2v) is 8.17. The highest BCUT2D eigenvalue weighted by molar-refractivity contribution is 7.99. The quantitative estimate of drug-likeness (QED) is 0.885. The van der Waals surface area contributed by atoms with E-state index in [2.05, 4.69) is 5.32 Å². The van der Waals surface area contributed by atoms with Crippen LogP contribution in [-0.4, -0.2) is 46.6 Å². The molecule has 0 saturated carbocycles. The van der Waals surface area contributed by atoms with Crippen LogP contribution in [0.5, 0.6) is 0 Å². The smallest absolute Gasteiger partial charge is 0.411 e. The van der Waals surface area contributed by atoms with Gasteiger partial charge < -0.3 is 10.1 Å². The van der Waals surface area contributed by atoms with Crippen molar-refractivity contribution in [2.45, 2.75) is 46.3 Å². The summed E-state index contributed by atoms with van der Waals surface area (Å²) in [7, 11) is 0. The van der Waals surface area contributed by atoms with Gasteiger partial charge in [-0.3, -0.25) is 9.69 Å². The molecule has 0 spiro atoms. The molecule has 1 N–H and O–H groups in total. The molecule has 24 heavy (non-hydrogen) atoms. The average molecular weight is 350 g/mol. The summed E-state index contributed by atoms with van der Waals surface area (Å²) in [5, 5.41) is 2.99. The summed E-state index contributed by atoms with van der Waals surface area (Å²) >= 11 is 1.68. The number of nitrogens with one attached hydrogen (secondary N) is 1.